The van der Waals surface area contributed by atoms with E-state index in [1.54, 1.807) is 0 Å². The molecular formula is C19H38O3. The van der Waals surface area contributed by atoms with Gasteiger partial charge in [-0.2, -0.15) is 0 Å². The van der Waals surface area contributed by atoms with Crippen molar-refractivity contribution in [3.63, 3.8) is 0 Å². The van der Waals surface area contributed by atoms with Gasteiger partial charge in [-0.15, -0.1) is 0 Å². The molecule has 1 saturated heterocycles. The highest BCUT2D eigenvalue weighted by molar-refractivity contribution is 4.67. The van der Waals surface area contributed by atoms with E-state index in [9.17, 15) is 0 Å². The van der Waals surface area contributed by atoms with Crippen LogP contribution in [0.3, 0.4) is 0 Å². The van der Waals surface area contributed by atoms with Gasteiger partial charge in [-0.1, -0.05) is 70.6 Å². The van der Waals surface area contributed by atoms with Crippen LogP contribution in [0.5, 0.6) is 0 Å². The molecule has 1 aliphatic rings. The van der Waals surface area contributed by atoms with Crippen LogP contribution in [0.4, 0.5) is 0 Å². The maximum absolute atomic E-state index is 8.70. The summed E-state index contributed by atoms with van der Waals surface area (Å²) in [5.74, 6) is -0.281. The van der Waals surface area contributed by atoms with E-state index in [4.69, 9.17) is 14.6 Å². The first-order valence-corrected chi connectivity index (χ1v) is 9.66. The molecule has 1 rings (SSSR count). The van der Waals surface area contributed by atoms with Crippen LogP contribution in [0.15, 0.2) is 0 Å². The van der Waals surface area contributed by atoms with Crippen molar-refractivity contribution in [3.05, 3.63) is 0 Å². The van der Waals surface area contributed by atoms with E-state index in [-0.39, 0.29) is 5.79 Å². The van der Waals surface area contributed by atoms with Crippen LogP contribution < -0.4 is 0 Å². The lowest BCUT2D eigenvalue weighted by molar-refractivity contribution is -0.147. The lowest BCUT2D eigenvalue weighted by Crippen LogP contribution is -2.24. The Morgan fingerprint density at radius 1 is 0.636 bits per heavy atom. The SMILES string of the molecule is CC1(CCCCCCCCCCCCCCCO)OCCO1. The molecule has 0 spiro atoms. The summed E-state index contributed by atoms with van der Waals surface area (Å²) in [7, 11) is 0. The maximum atomic E-state index is 8.70. The summed E-state index contributed by atoms with van der Waals surface area (Å²) >= 11 is 0. The van der Waals surface area contributed by atoms with E-state index in [1.807, 2.05) is 0 Å². The lowest BCUT2D eigenvalue weighted by atomic mass is 10.0. The van der Waals surface area contributed by atoms with E-state index in [0.29, 0.717) is 6.61 Å². The number of unbranched alkanes of at least 4 members (excludes halogenated alkanes) is 12. The third-order valence-electron chi connectivity index (χ3n) is 4.69. The summed E-state index contributed by atoms with van der Waals surface area (Å²) in [6.45, 7) is 3.96. The fourth-order valence-electron chi connectivity index (χ4n) is 3.20. The summed E-state index contributed by atoms with van der Waals surface area (Å²) in [6, 6.07) is 0. The molecule has 1 N–H and O–H groups in total. The second-order valence-corrected chi connectivity index (χ2v) is 6.90. The zero-order valence-corrected chi connectivity index (χ0v) is 14.8. The highest BCUT2D eigenvalue weighted by Crippen LogP contribution is 2.25. The Bertz CT molecular complexity index is 237. The second-order valence-electron chi connectivity index (χ2n) is 6.90. The van der Waals surface area contributed by atoms with Crippen molar-refractivity contribution < 1.29 is 14.6 Å². The van der Waals surface area contributed by atoms with Gasteiger partial charge in [0.1, 0.15) is 0 Å². The molecule has 0 bridgehead atoms. The van der Waals surface area contributed by atoms with Gasteiger partial charge in [-0.25, -0.2) is 0 Å². The van der Waals surface area contributed by atoms with Gasteiger partial charge in [0.25, 0.3) is 0 Å². The summed E-state index contributed by atoms with van der Waals surface area (Å²) in [5, 5.41) is 8.70. The van der Waals surface area contributed by atoms with Crippen molar-refractivity contribution >= 4 is 0 Å². The van der Waals surface area contributed by atoms with Gasteiger partial charge in [0.15, 0.2) is 5.79 Å². The summed E-state index contributed by atoms with van der Waals surface area (Å²) in [5.41, 5.74) is 0. The zero-order valence-electron chi connectivity index (χ0n) is 14.8. The van der Waals surface area contributed by atoms with Crippen LogP contribution in [-0.4, -0.2) is 30.7 Å². The fourth-order valence-corrected chi connectivity index (χ4v) is 3.20. The Kier molecular flexibility index (Phi) is 12.1. The minimum absolute atomic E-state index is 0.281. The van der Waals surface area contributed by atoms with Crippen molar-refractivity contribution in [3.8, 4) is 0 Å². The average Bonchev–Trinajstić information content (AvgIpc) is 2.94. The molecule has 0 aromatic heterocycles. The average molecular weight is 315 g/mol. The molecule has 0 atom stereocenters. The topological polar surface area (TPSA) is 38.7 Å². The van der Waals surface area contributed by atoms with Crippen molar-refractivity contribution in [2.75, 3.05) is 19.8 Å². The Morgan fingerprint density at radius 2 is 1.00 bits per heavy atom. The van der Waals surface area contributed by atoms with Crippen LogP contribution >= 0.6 is 0 Å². The van der Waals surface area contributed by atoms with E-state index in [1.165, 1.54) is 77.0 Å². The molecule has 1 fully saturated rings. The standard InChI is InChI=1S/C19H38O3/c1-19(21-17-18-22-19)15-13-11-9-7-5-3-2-4-6-8-10-12-14-16-20/h20H,2-18H2,1H3. The normalized spacial score (nSPS) is 17.2. The first-order valence-electron chi connectivity index (χ1n) is 9.66. The van der Waals surface area contributed by atoms with Gasteiger partial charge in [0.05, 0.1) is 13.2 Å². The van der Waals surface area contributed by atoms with Gasteiger partial charge in [-0.05, 0) is 19.8 Å². The molecular weight excluding hydrogens is 276 g/mol. The molecule has 3 heteroatoms. The molecule has 0 radical (unpaired) electrons. The molecule has 3 nitrogen and oxygen atoms in total. The van der Waals surface area contributed by atoms with Gasteiger partial charge in [0, 0.05) is 13.0 Å². The van der Waals surface area contributed by atoms with Gasteiger partial charge < -0.3 is 14.6 Å². The predicted octanol–water partition coefficient (Wildman–Crippen LogP) is 5.20. The molecule has 0 unspecified atom stereocenters. The molecule has 1 aliphatic heterocycles. The summed E-state index contributed by atoms with van der Waals surface area (Å²) in [6.07, 6.45) is 18.1. The third-order valence-corrected chi connectivity index (χ3v) is 4.69. The van der Waals surface area contributed by atoms with E-state index >= 15 is 0 Å². The first-order chi connectivity index (χ1) is 10.8. The third kappa shape index (κ3) is 10.6. The van der Waals surface area contributed by atoms with Gasteiger partial charge >= 0.3 is 0 Å². The number of aliphatic hydroxyl groups excluding tert-OH is 1. The molecule has 0 aromatic carbocycles. The van der Waals surface area contributed by atoms with Crippen LogP contribution in [0.1, 0.15) is 96.8 Å². The number of hydrogen-bond acceptors (Lipinski definition) is 3. The van der Waals surface area contributed by atoms with Crippen molar-refractivity contribution in [2.45, 2.75) is 103 Å². The van der Waals surface area contributed by atoms with Crippen molar-refractivity contribution in [2.24, 2.45) is 0 Å². The highest BCUT2D eigenvalue weighted by Gasteiger charge is 2.29. The zero-order chi connectivity index (χ0) is 15.9. The van der Waals surface area contributed by atoms with Crippen molar-refractivity contribution in [1.82, 2.24) is 0 Å². The lowest BCUT2D eigenvalue weighted by Gasteiger charge is -2.21. The number of rotatable bonds is 15. The minimum atomic E-state index is -0.281. The Morgan fingerprint density at radius 3 is 1.41 bits per heavy atom. The largest absolute Gasteiger partial charge is 0.396 e. The quantitative estimate of drug-likeness (QED) is 0.422. The predicted molar refractivity (Wildman–Crippen MR) is 92.0 cm³/mol. The molecule has 132 valence electrons. The monoisotopic (exact) mass is 314 g/mol. The van der Waals surface area contributed by atoms with Crippen molar-refractivity contribution in [1.29, 1.82) is 0 Å². The smallest absolute Gasteiger partial charge is 0.165 e. The summed E-state index contributed by atoms with van der Waals surface area (Å²) < 4.78 is 11.2. The number of hydrogen-bond donors (Lipinski definition) is 1. The van der Waals surface area contributed by atoms with Crippen LogP contribution in [0.25, 0.3) is 0 Å². The summed E-state index contributed by atoms with van der Waals surface area (Å²) in [4.78, 5) is 0. The fraction of sp³-hybridized carbons (Fsp3) is 1.00. The first kappa shape index (κ1) is 19.9. The number of aliphatic hydroxyl groups is 1. The van der Waals surface area contributed by atoms with Crippen LogP contribution in [0.2, 0.25) is 0 Å². The highest BCUT2D eigenvalue weighted by atomic mass is 16.7. The molecule has 0 amide bonds. The Balaban J connectivity index is 1.71. The Hall–Kier alpha value is -0.120. The Labute approximate surface area is 137 Å². The maximum Gasteiger partial charge on any atom is 0.165 e. The number of ether oxygens (including phenoxy) is 2. The minimum Gasteiger partial charge on any atom is -0.396 e. The van der Waals surface area contributed by atoms with Gasteiger partial charge in [-0.3, -0.25) is 0 Å². The second kappa shape index (κ2) is 13.3. The molecule has 22 heavy (non-hydrogen) atoms. The van der Waals surface area contributed by atoms with Crippen LogP contribution in [0, 0.1) is 0 Å². The van der Waals surface area contributed by atoms with Gasteiger partial charge in [0.2, 0.25) is 0 Å². The van der Waals surface area contributed by atoms with E-state index in [2.05, 4.69) is 6.92 Å². The molecule has 0 aromatic rings. The van der Waals surface area contributed by atoms with E-state index < -0.39 is 0 Å². The molecule has 0 aliphatic carbocycles. The van der Waals surface area contributed by atoms with E-state index in [0.717, 1.165) is 26.1 Å². The molecule has 1 heterocycles. The molecule has 0 saturated carbocycles. The van der Waals surface area contributed by atoms with Crippen LogP contribution in [-0.2, 0) is 9.47 Å².